The first-order valence-corrected chi connectivity index (χ1v) is 11.2. The van der Waals surface area contributed by atoms with Crippen LogP contribution in [0.15, 0.2) is 88.2 Å². The predicted octanol–water partition coefficient (Wildman–Crippen LogP) is 1.82. The second kappa shape index (κ2) is 13.2. The number of azo groups is 2. The van der Waals surface area contributed by atoms with Gasteiger partial charge in [-0.05, 0) is 24.3 Å². The monoisotopic (exact) mass is 610 g/mol. The van der Waals surface area contributed by atoms with E-state index in [4.69, 9.17) is 0 Å². The first-order chi connectivity index (χ1) is 18.9. The van der Waals surface area contributed by atoms with Crippen LogP contribution in [0.3, 0.4) is 0 Å². The minimum absolute atomic E-state index is 0. The van der Waals surface area contributed by atoms with Crippen LogP contribution in [0.1, 0.15) is 0 Å². The van der Waals surface area contributed by atoms with Crippen molar-refractivity contribution in [1.29, 1.82) is 0 Å². The van der Waals surface area contributed by atoms with Crippen molar-refractivity contribution in [3.63, 3.8) is 0 Å². The SMILES string of the molecule is Cn1c(O)c(N=Nc2ccccc2O)c(=O)n(C)c1=O.Cn1c(O)c(N=Nc2ccccc2O)c(=O)n(C)c1=O.[Ni]. The fraction of sp³-hybridized carbons (Fsp3) is 0.167. The van der Waals surface area contributed by atoms with E-state index in [1.807, 2.05) is 0 Å². The number of benzene rings is 2. The largest absolute Gasteiger partial charge is 0.506 e. The summed E-state index contributed by atoms with van der Waals surface area (Å²) in [7, 11) is 5.14. The predicted molar refractivity (Wildman–Crippen MR) is 142 cm³/mol. The van der Waals surface area contributed by atoms with Gasteiger partial charge in [0.1, 0.15) is 22.9 Å². The Bertz CT molecular complexity index is 1750. The summed E-state index contributed by atoms with van der Waals surface area (Å²) in [6.07, 6.45) is 0. The normalized spacial score (nSPS) is 10.8. The van der Waals surface area contributed by atoms with E-state index >= 15 is 0 Å². The van der Waals surface area contributed by atoms with Crippen LogP contribution in [-0.4, -0.2) is 38.7 Å². The molecule has 0 bridgehead atoms. The number of para-hydroxylation sites is 2. The average molecular weight is 611 g/mol. The molecule has 0 saturated carbocycles. The van der Waals surface area contributed by atoms with Gasteiger partial charge in [0.25, 0.3) is 11.1 Å². The molecule has 16 nitrogen and oxygen atoms in total. The van der Waals surface area contributed by atoms with E-state index < -0.39 is 34.3 Å². The third-order valence-electron chi connectivity index (χ3n) is 5.50. The van der Waals surface area contributed by atoms with Crippen molar-refractivity contribution in [2.45, 2.75) is 0 Å². The number of phenols is 2. The Labute approximate surface area is 240 Å². The number of aromatic nitrogens is 4. The molecule has 4 N–H and O–H groups in total. The minimum atomic E-state index is -0.773. The Morgan fingerprint density at radius 2 is 0.829 bits per heavy atom. The van der Waals surface area contributed by atoms with E-state index in [1.165, 1.54) is 52.5 Å². The zero-order valence-electron chi connectivity index (χ0n) is 21.9. The van der Waals surface area contributed by atoms with Gasteiger partial charge in [-0.25, -0.2) is 9.59 Å². The van der Waals surface area contributed by atoms with E-state index in [1.54, 1.807) is 24.3 Å². The summed E-state index contributed by atoms with van der Waals surface area (Å²) >= 11 is 0. The summed E-state index contributed by atoms with van der Waals surface area (Å²) in [5, 5.41) is 53.2. The first-order valence-electron chi connectivity index (χ1n) is 11.2. The molecular weight excluding hydrogens is 587 g/mol. The molecule has 218 valence electrons. The number of phenolic OH excluding ortho intramolecular Hbond substituents is 2. The fourth-order valence-corrected chi connectivity index (χ4v) is 3.11. The molecule has 17 heteroatoms. The van der Waals surface area contributed by atoms with Crippen molar-refractivity contribution in [2.24, 2.45) is 48.6 Å². The summed E-state index contributed by atoms with van der Waals surface area (Å²) < 4.78 is 3.36. The molecule has 0 aliphatic heterocycles. The van der Waals surface area contributed by atoms with Crippen LogP contribution in [0.4, 0.5) is 22.7 Å². The molecule has 2 aromatic carbocycles. The molecule has 0 radical (unpaired) electrons. The maximum Gasteiger partial charge on any atom is 0.333 e. The van der Waals surface area contributed by atoms with E-state index in [2.05, 4.69) is 20.5 Å². The molecule has 0 amide bonds. The fourth-order valence-electron chi connectivity index (χ4n) is 3.11. The molecule has 2 aromatic heterocycles. The molecule has 0 aliphatic rings. The summed E-state index contributed by atoms with van der Waals surface area (Å²) in [5.41, 5.74) is -3.36. The summed E-state index contributed by atoms with van der Waals surface area (Å²) in [4.78, 5) is 46.8. The van der Waals surface area contributed by atoms with Crippen molar-refractivity contribution < 1.29 is 36.9 Å². The molecule has 41 heavy (non-hydrogen) atoms. The topological polar surface area (TPSA) is 218 Å². The molecule has 0 saturated heterocycles. The standard InChI is InChI=1S/2C12H12N4O4.Ni/c2*1-15-10(18)9(11(19)16(2)12(15)20)14-13-7-5-3-4-6-8(7)17;/h2*3-6,17-18H,1-2H3;. The van der Waals surface area contributed by atoms with Crippen molar-refractivity contribution in [1.82, 2.24) is 18.3 Å². The van der Waals surface area contributed by atoms with Gasteiger partial charge in [0.05, 0.1) is 0 Å². The second-order valence-electron chi connectivity index (χ2n) is 8.13. The molecule has 0 aliphatic carbocycles. The molecule has 0 atom stereocenters. The zero-order chi connectivity index (χ0) is 29.7. The van der Waals surface area contributed by atoms with Gasteiger partial charge in [0.15, 0.2) is 0 Å². The van der Waals surface area contributed by atoms with Crippen LogP contribution in [0, 0.1) is 0 Å². The van der Waals surface area contributed by atoms with Crippen molar-refractivity contribution >= 4 is 22.7 Å². The van der Waals surface area contributed by atoms with Crippen LogP contribution >= 0.6 is 0 Å². The maximum absolute atomic E-state index is 11.8. The third kappa shape index (κ3) is 6.65. The summed E-state index contributed by atoms with van der Waals surface area (Å²) in [6, 6.07) is 12.3. The van der Waals surface area contributed by atoms with E-state index in [9.17, 15) is 39.6 Å². The van der Waals surface area contributed by atoms with Gasteiger partial charge >= 0.3 is 11.4 Å². The Balaban J connectivity index is 0.000000280. The van der Waals surface area contributed by atoms with Gasteiger partial charge in [-0.2, -0.15) is 0 Å². The van der Waals surface area contributed by atoms with Crippen molar-refractivity contribution in [3.05, 3.63) is 90.2 Å². The minimum Gasteiger partial charge on any atom is -0.506 e. The first kappa shape index (κ1) is 31.9. The van der Waals surface area contributed by atoms with Gasteiger partial charge in [-0.1, -0.05) is 24.3 Å². The van der Waals surface area contributed by atoms with Crippen molar-refractivity contribution in [2.75, 3.05) is 0 Å². The van der Waals surface area contributed by atoms with E-state index in [0.29, 0.717) is 0 Å². The zero-order valence-corrected chi connectivity index (χ0v) is 22.9. The van der Waals surface area contributed by atoms with Crippen LogP contribution < -0.4 is 22.5 Å². The van der Waals surface area contributed by atoms with E-state index in [-0.39, 0.29) is 50.7 Å². The van der Waals surface area contributed by atoms with Gasteiger partial charge in [0, 0.05) is 44.7 Å². The molecule has 2 heterocycles. The smallest absolute Gasteiger partial charge is 0.333 e. The molecule has 0 spiro atoms. The third-order valence-corrected chi connectivity index (χ3v) is 5.50. The molecule has 4 aromatic rings. The maximum atomic E-state index is 11.8. The molecule has 0 fully saturated rings. The second-order valence-corrected chi connectivity index (χ2v) is 8.13. The average Bonchev–Trinajstić information content (AvgIpc) is 2.95. The van der Waals surface area contributed by atoms with E-state index in [0.717, 1.165) is 18.3 Å². The number of hydrogen-bond acceptors (Lipinski definition) is 12. The summed E-state index contributed by atoms with van der Waals surface area (Å²) in [6.45, 7) is 0. The van der Waals surface area contributed by atoms with Gasteiger partial charge in [0.2, 0.25) is 23.1 Å². The number of nitrogens with zero attached hydrogens (tertiary/aromatic N) is 8. The Kier molecular flexibility index (Phi) is 10.2. The number of rotatable bonds is 4. The molecular formula is C24H24N8NiO8. The number of hydrogen-bond donors (Lipinski definition) is 4. The quantitative estimate of drug-likeness (QED) is 0.197. The van der Waals surface area contributed by atoms with Crippen LogP contribution in [0.2, 0.25) is 0 Å². The van der Waals surface area contributed by atoms with Crippen LogP contribution in [0.5, 0.6) is 23.3 Å². The van der Waals surface area contributed by atoms with Crippen molar-refractivity contribution in [3.8, 4) is 23.3 Å². The van der Waals surface area contributed by atoms with Gasteiger partial charge in [-0.15, -0.1) is 20.5 Å². The van der Waals surface area contributed by atoms with Crippen LogP contribution in [-0.2, 0) is 44.7 Å². The Morgan fingerprint density at radius 1 is 0.512 bits per heavy atom. The van der Waals surface area contributed by atoms with Crippen LogP contribution in [0.25, 0.3) is 0 Å². The number of aromatic hydroxyl groups is 4. The molecule has 0 unspecified atom stereocenters. The molecule has 4 rings (SSSR count). The Hall–Kier alpha value is -5.31. The Morgan fingerprint density at radius 3 is 1.15 bits per heavy atom. The van der Waals surface area contributed by atoms with Gasteiger partial charge in [-0.3, -0.25) is 27.9 Å². The summed E-state index contributed by atoms with van der Waals surface area (Å²) in [5.74, 6) is -1.40. The van der Waals surface area contributed by atoms with Gasteiger partial charge < -0.3 is 20.4 Å².